The second-order valence-corrected chi connectivity index (χ2v) is 6.25. The van der Waals surface area contributed by atoms with E-state index in [9.17, 15) is 8.42 Å². The Bertz CT molecular complexity index is 548. The molecule has 0 bridgehead atoms. The van der Waals surface area contributed by atoms with Crippen molar-refractivity contribution in [2.24, 2.45) is 0 Å². The molecule has 3 N–H and O–H groups in total. The minimum Gasteiger partial charge on any atom is -0.332 e. The molecule has 0 spiro atoms. The highest BCUT2D eigenvalue weighted by Gasteiger charge is 2.16. The zero-order valence-corrected chi connectivity index (χ0v) is 11.9. The maximum atomic E-state index is 12.0. The number of aryl methyl sites for hydroxylation is 1. The van der Waals surface area contributed by atoms with E-state index in [1.54, 1.807) is 0 Å². The van der Waals surface area contributed by atoms with Crippen LogP contribution in [-0.4, -0.2) is 38.0 Å². The van der Waals surface area contributed by atoms with E-state index in [-0.39, 0.29) is 5.03 Å². The number of nitrogens with one attached hydrogen (secondary N) is 3. The molecule has 7 heteroatoms. The van der Waals surface area contributed by atoms with Crippen molar-refractivity contribution >= 4 is 10.0 Å². The van der Waals surface area contributed by atoms with Gasteiger partial charge in [-0.1, -0.05) is 18.6 Å². The lowest BCUT2D eigenvalue weighted by Crippen LogP contribution is -2.27. The number of H-pyrrole nitrogens is 1. The third-order valence-electron chi connectivity index (χ3n) is 3.13. The first-order valence-corrected chi connectivity index (χ1v) is 8.02. The molecule has 0 atom stereocenters. The van der Waals surface area contributed by atoms with Crippen LogP contribution in [0.25, 0.3) is 0 Å². The van der Waals surface area contributed by atoms with Gasteiger partial charge in [-0.15, -0.1) is 0 Å². The molecule has 19 heavy (non-hydrogen) atoms. The summed E-state index contributed by atoms with van der Waals surface area (Å²) in [6.07, 6.45) is 5.94. The van der Waals surface area contributed by atoms with Crippen molar-refractivity contribution < 1.29 is 8.42 Å². The Hall–Kier alpha value is -1.18. The lowest BCUT2D eigenvalue weighted by atomic mass is 10.1. The first-order chi connectivity index (χ1) is 9.12. The van der Waals surface area contributed by atoms with Crippen LogP contribution in [0.5, 0.6) is 0 Å². The van der Waals surface area contributed by atoms with Crippen LogP contribution in [0, 0.1) is 0 Å². The van der Waals surface area contributed by atoms with Crippen LogP contribution >= 0.6 is 0 Å². The predicted molar refractivity (Wildman–Crippen MR) is 73.3 cm³/mol. The Morgan fingerprint density at radius 2 is 2.32 bits per heavy atom. The molecule has 0 aromatic carbocycles. The second kappa shape index (κ2) is 6.31. The van der Waals surface area contributed by atoms with Crippen LogP contribution in [0.3, 0.4) is 0 Å². The lowest BCUT2D eigenvalue weighted by molar-refractivity contribution is 0.576. The highest BCUT2D eigenvalue weighted by molar-refractivity contribution is 7.89. The van der Waals surface area contributed by atoms with Gasteiger partial charge in [-0.05, 0) is 19.4 Å². The van der Waals surface area contributed by atoms with E-state index in [1.165, 1.54) is 11.8 Å². The molecule has 0 saturated carbocycles. The molecule has 0 amide bonds. The fourth-order valence-electron chi connectivity index (χ4n) is 1.98. The van der Waals surface area contributed by atoms with E-state index in [1.807, 2.05) is 6.92 Å². The van der Waals surface area contributed by atoms with Crippen LogP contribution in [-0.2, 0) is 16.4 Å². The number of aromatic amines is 1. The topological polar surface area (TPSA) is 86.9 Å². The van der Waals surface area contributed by atoms with Crippen molar-refractivity contribution in [1.82, 2.24) is 20.0 Å². The molecular weight excluding hydrogens is 264 g/mol. The highest BCUT2D eigenvalue weighted by atomic mass is 32.2. The van der Waals surface area contributed by atoms with Crippen molar-refractivity contribution in [3.63, 3.8) is 0 Å². The summed E-state index contributed by atoms with van der Waals surface area (Å²) in [5.74, 6) is 0.682. The smallest absolute Gasteiger partial charge is 0.257 e. The van der Waals surface area contributed by atoms with Crippen molar-refractivity contribution in [3.05, 3.63) is 23.7 Å². The van der Waals surface area contributed by atoms with E-state index in [0.29, 0.717) is 18.8 Å². The molecule has 0 fully saturated rings. The van der Waals surface area contributed by atoms with E-state index < -0.39 is 10.0 Å². The van der Waals surface area contributed by atoms with Gasteiger partial charge in [0.15, 0.2) is 5.03 Å². The van der Waals surface area contributed by atoms with E-state index in [0.717, 1.165) is 25.9 Å². The fraction of sp³-hybridized carbons (Fsp3) is 0.583. The average Bonchev–Trinajstić information content (AvgIpc) is 2.89. The summed E-state index contributed by atoms with van der Waals surface area (Å²) in [5, 5.41) is 3.37. The molecule has 2 rings (SSSR count). The van der Waals surface area contributed by atoms with E-state index >= 15 is 0 Å². The van der Waals surface area contributed by atoms with Gasteiger partial charge in [0.05, 0.1) is 6.20 Å². The summed E-state index contributed by atoms with van der Waals surface area (Å²) in [6, 6.07) is 0. The number of rotatable bonds is 6. The highest BCUT2D eigenvalue weighted by Crippen LogP contribution is 2.10. The summed E-state index contributed by atoms with van der Waals surface area (Å²) in [4.78, 5) is 6.81. The standard InChI is InChI=1S/C12H20N4O2S/c1-2-11-14-9-12(16-11)19(17,18)15-8-5-10-3-6-13-7-4-10/h3,9,13,15H,2,4-8H2,1H3,(H,14,16). The van der Waals surface area contributed by atoms with Gasteiger partial charge in [0.2, 0.25) is 0 Å². The van der Waals surface area contributed by atoms with Crippen molar-refractivity contribution in [2.45, 2.75) is 31.2 Å². The normalized spacial score (nSPS) is 16.4. The molecule has 2 heterocycles. The van der Waals surface area contributed by atoms with Gasteiger partial charge in [-0.3, -0.25) is 0 Å². The molecule has 1 aromatic rings. The lowest BCUT2D eigenvalue weighted by Gasteiger charge is -2.13. The number of nitrogens with zero attached hydrogens (tertiary/aromatic N) is 1. The second-order valence-electron chi connectivity index (χ2n) is 4.51. The van der Waals surface area contributed by atoms with Crippen LogP contribution in [0.4, 0.5) is 0 Å². The Morgan fingerprint density at radius 1 is 1.47 bits per heavy atom. The fourth-order valence-corrected chi connectivity index (χ4v) is 2.95. The molecule has 0 radical (unpaired) electrons. The van der Waals surface area contributed by atoms with E-state index in [4.69, 9.17) is 0 Å². The zero-order valence-electron chi connectivity index (χ0n) is 11.1. The average molecular weight is 284 g/mol. The molecule has 0 aliphatic carbocycles. The van der Waals surface area contributed by atoms with Crippen molar-refractivity contribution in [1.29, 1.82) is 0 Å². The van der Waals surface area contributed by atoms with Gasteiger partial charge in [-0.2, -0.15) is 0 Å². The third kappa shape index (κ3) is 3.89. The van der Waals surface area contributed by atoms with Crippen LogP contribution in [0.2, 0.25) is 0 Å². The number of aromatic nitrogens is 2. The summed E-state index contributed by atoms with van der Waals surface area (Å²) in [6.45, 7) is 4.20. The summed E-state index contributed by atoms with van der Waals surface area (Å²) < 4.78 is 26.6. The molecule has 0 unspecified atom stereocenters. The Labute approximate surface area is 113 Å². The summed E-state index contributed by atoms with van der Waals surface area (Å²) >= 11 is 0. The Morgan fingerprint density at radius 3 is 2.95 bits per heavy atom. The van der Waals surface area contributed by atoms with E-state index in [2.05, 4.69) is 26.1 Å². The molecule has 106 valence electrons. The Balaban J connectivity index is 1.88. The van der Waals surface area contributed by atoms with Gasteiger partial charge in [0, 0.05) is 19.5 Å². The zero-order chi connectivity index (χ0) is 13.7. The van der Waals surface area contributed by atoms with Gasteiger partial charge < -0.3 is 10.3 Å². The maximum Gasteiger partial charge on any atom is 0.257 e. The Kier molecular flexibility index (Phi) is 4.73. The maximum absolute atomic E-state index is 12.0. The molecule has 1 aliphatic heterocycles. The first-order valence-electron chi connectivity index (χ1n) is 6.54. The first kappa shape index (κ1) is 14.2. The monoisotopic (exact) mass is 284 g/mol. The van der Waals surface area contributed by atoms with Crippen LogP contribution < -0.4 is 10.0 Å². The van der Waals surface area contributed by atoms with Crippen LogP contribution in [0.1, 0.15) is 25.6 Å². The SMILES string of the molecule is CCc1ncc(S(=O)(=O)NCCC2=CCNCC2)[nH]1. The largest absolute Gasteiger partial charge is 0.332 e. The van der Waals surface area contributed by atoms with Gasteiger partial charge in [-0.25, -0.2) is 18.1 Å². The minimum atomic E-state index is -3.46. The van der Waals surface area contributed by atoms with Crippen molar-refractivity contribution in [2.75, 3.05) is 19.6 Å². The van der Waals surface area contributed by atoms with Gasteiger partial charge in [0.1, 0.15) is 5.82 Å². The molecule has 6 nitrogen and oxygen atoms in total. The summed E-state index contributed by atoms with van der Waals surface area (Å²) in [5.41, 5.74) is 1.31. The number of imidazole rings is 1. The molecule has 1 aromatic heterocycles. The number of hydrogen-bond acceptors (Lipinski definition) is 4. The summed E-state index contributed by atoms with van der Waals surface area (Å²) in [7, 11) is -3.46. The quantitative estimate of drug-likeness (QED) is 0.666. The predicted octanol–water partition coefficient (Wildman–Crippen LogP) is 0.560. The van der Waals surface area contributed by atoms with Gasteiger partial charge >= 0.3 is 0 Å². The van der Waals surface area contributed by atoms with Crippen LogP contribution in [0.15, 0.2) is 22.9 Å². The number of sulfonamides is 1. The minimum absolute atomic E-state index is 0.142. The number of hydrogen-bond donors (Lipinski definition) is 3. The van der Waals surface area contributed by atoms with Crippen molar-refractivity contribution in [3.8, 4) is 0 Å². The molecule has 1 aliphatic rings. The molecule has 0 saturated heterocycles. The molecular formula is C12H20N4O2S. The third-order valence-corrected chi connectivity index (χ3v) is 4.50. The van der Waals surface area contributed by atoms with Gasteiger partial charge in [0.25, 0.3) is 10.0 Å².